The van der Waals surface area contributed by atoms with Crippen molar-refractivity contribution in [2.75, 3.05) is 26.8 Å². The zero-order valence-electron chi connectivity index (χ0n) is 15.0. The minimum Gasteiger partial charge on any atom is -0.497 e. The topological polar surface area (TPSA) is 74.9 Å². The molecule has 2 aromatic rings. The molecule has 0 bridgehead atoms. The Labute approximate surface area is 147 Å². The number of aliphatic hydroxyl groups is 1. The van der Waals surface area contributed by atoms with Crippen LogP contribution in [0.15, 0.2) is 22.6 Å². The SMILES string of the molecule is COc1ccc2oc([C@H](C)NC(=O)N3CCC[C@@H](CO)C3)c(C)c2c1. The van der Waals surface area contributed by atoms with Crippen molar-refractivity contribution in [3.63, 3.8) is 0 Å². The second-order valence-electron chi connectivity index (χ2n) is 6.76. The maximum atomic E-state index is 12.5. The number of likely N-dealkylation sites (tertiary alicyclic amines) is 1. The molecule has 0 unspecified atom stereocenters. The number of nitrogens with zero attached hydrogens (tertiary/aromatic N) is 1. The highest BCUT2D eigenvalue weighted by Crippen LogP contribution is 2.32. The molecule has 0 radical (unpaired) electrons. The number of aryl methyl sites for hydroxylation is 1. The molecule has 1 saturated heterocycles. The fourth-order valence-corrected chi connectivity index (χ4v) is 3.50. The minimum atomic E-state index is -0.236. The average Bonchev–Trinajstić information content (AvgIpc) is 2.98. The van der Waals surface area contributed by atoms with Crippen LogP contribution < -0.4 is 10.1 Å². The van der Waals surface area contributed by atoms with Gasteiger partial charge >= 0.3 is 6.03 Å². The number of piperidine rings is 1. The van der Waals surface area contributed by atoms with Gasteiger partial charge in [-0.3, -0.25) is 0 Å². The molecule has 2 N–H and O–H groups in total. The van der Waals surface area contributed by atoms with Crippen LogP contribution in [0.5, 0.6) is 5.75 Å². The van der Waals surface area contributed by atoms with E-state index in [9.17, 15) is 9.90 Å². The molecule has 6 heteroatoms. The number of aliphatic hydroxyl groups excluding tert-OH is 1. The van der Waals surface area contributed by atoms with Gasteiger partial charge in [0.05, 0.1) is 13.2 Å². The van der Waals surface area contributed by atoms with E-state index in [0.29, 0.717) is 6.54 Å². The molecule has 2 heterocycles. The molecule has 25 heavy (non-hydrogen) atoms. The lowest BCUT2D eigenvalue weighted by Gasteiger charge is -2.32. The number of hydrogen-bond acceptors (Lipinski definition) is 4. The largest absolute Gasteiger partial charge is 0.497 e. The third kappa shape index (κ3) is 3.58. The number of furan rings is 1. The fourth-order valence-electron chi connectivity index (χ4n) is 3.50. The molecule has 0 saturated carbocycles. The number of methoxy groups -OCH3 is 1. The van der Waals surface area contributed by atoms with Gasteiger partial charge in [-0.1, -0.05) is 0 Å². The van der Waals surface area contributed by atoms with E-state index in [1.807, 2.05) is 32.0 Å². The lowest BCUT2D eigenvalue weighted by molar-refractivity contribution is 0.127. The summed E-state index contributed by atoms with van der Waals surface area (Å²) in [5.41, 5.74) is 1.79. The Morgan fingerprint density at radius 3 is 3.04 bits per heavy atom. The molecule has 2 atom stereocenters. The number of hydrogen-bond donors (Lipinski definition) is 2. The van der Waals surface area contributed by atoms with Gasteiger partial charge in [0.25, 0.3) is 0 Å². The molecular weight excluding hydrogens is 320 g/mol. The summed E-state index contributed by atoms with van der Waals surface area (Å²) in [6.07, 6.45) is 1.90. The van der Waals surface area contributed by atoms with Gasteiger partial charge in [0, 0.05) is 30.6 Å². The fraction of sp³-hybridized carbons (Fsp3) is 0.526. The Hall–Kier alpha value is -2.21. The Bertz CT molecular complexity index is 755. The molecule has 1 aromatic heterocycles. The molecule has 2 amide bonds. The van der Waals surface area contributed by atoms with Crippen molar-refractivity contribution in [1.82, 2.24) is 10.2 Å². The maximum Gasteiger partial charge on any atom is 0.317 e. The molecule has 1 aromatic carbocycles. The van der Waals surface area contributed by atoms with E-state index >= 15 is 0 Å². The van der Waals surface area contributed by atoms with Crippen LogP contribution in [0.25, 0.3) is 11.0 Å². The standard InChI is InChI=1S/C19H26N2O4/c1-12-16-9-15(24-3)6-7-17(16)25-18(12)13(2)20-19(23)21-8-4-5-14(10-21)11-22/h6-7,9,13-14,22H,4-5,8,10-11H2,1-3H3,(H,20,23)/t13-,14+/m0/s1. The number of carbonyl (C=O) groups is 1. The van der Waals surface area contributed by atoms with Gasteiger partial charge in [-0.2, -0.15) is 0 Å². The van der Waals surface area contributed by atoms with E-state index in [1.54, 1.807) is 12.0 Å². The van der Waals surface area contributed by atoms with E-state index in [0.717, 1.165) is 47.4 Å². The van der Waals surface area contributed by atoms with Crippen molar-refractivity contribution in [3.8, 4) is 5.75 Å². The van der Waals surface area contributed by atoms with Gasteiger partial charge in [0.2, 0.25) is 0 Å². The number of amides is 2. The summed E-state index contributed by atoms with van der Waals surface area (Å²) < 4.78 is 11.2. The smallest absolute Gasteiger partial charge is 0.317 e. The highest BCUT2D eigenvalue weighted by atomic mass is 16.5. The summed E-state index contributed by atoms with van der Waals surface area (Å²) in [6, 6.07) is 5.35. The first-order valence-corrected chi connectivity index (χ1v) is 8.76. The van der Waals surface area contributed by atoms with Crippen molar-refractivity contribution in [3.05, 3.63) is 29.5 Å². The lowest BCUT2D eigenvalue weighted by Crippen LogP contribution is -2.46. The second-order valence-corrected chi connectivity index (χ2v) is 6.76. The highest BCUT2D eigenvalue weighted by molar-refractivity contribution is 5.84. The van der Waals surface area contributed by atoms with E-state index in [4.69, 9.17) is 9.15 Å². The third-order valence-corrected chi connectivity index (χ3v) is 4.98. The Balaban J connectivity index is 1.74. The molecule has 6 nitrogen and oxygen atoms in total. The Morgan fingerprint density at radius 1 is 1.52 bits per heavy atom. The number of nitrogens with one attached hydrogen (secondary N) is 1. The molecule has 3 rings (SSSR count). The number of ether oxygens (including phenoxy) is 1. The minimum absolute atomic E-state index is 0.108. The molecule has 1 aliphatic rings. The van der Waals surface area contributed by atoms with Gasteiger partial charge in [0.15, 0.2) is 0 Å². The van der Waals surface area contributed by atoms with Crippen molar-refractivity contribution < 1.29 is 19.1 Å². The molecular formula is C19H26N2O4. The van der Waals surface area contributed by atoms with Gasteiger partial charge in [-0.25, -0.2) is 4.79 Å². The maximum absolute atomic E-state index is 12.5. The third-order valence-electron chi connectivity index (χ3n) is 4.98. The van der Waals surface area contributed by atoms with Crippen LogP contribution in [0.4, 0.5) is 4.79 Å². The predicted molar refractivity (Wildman–Crippen MR) is 95.8 cm³/mol. The number of rotatable bonds is 4. The van der Waals surface area contributed by atoms with E-state index in [2.05, 4.69) is 5.32 Å². The van der Waals surface area contributed by atoms with Gasteiger partial charge < -0.3 is 24.5 Å². The molecule has 1 fully saturated rings. The van der Waals surface area contributed by atoms with Crippen molar-refractivity contribution in [2.45, 2.75) is 32.7 Å². The summed E-state index contributed by atoms with van der Waals surface area (Å²) in [5.74, 6) is 1.71. The van der Waals surface area contributed by atoms with Crippen LogP contribution in [0.2, 0.25) is 0 Å². The number of urea groups is 1. The van der Waals surface area contributed by atoms with E-state index < -0.39 is 0 Å². The normalized spacial score (nSPS) is 19.0. The van der Waals surface area contributed by atoms with Crippen LogP contribution in [0.3, 0.4) is 0 Å². The monoisotopic (exact) mass is 346 g/mol. The van der Waals surface area contributed by atoms with Crippen LogP contribution in [0, 0.1) is 12.8 Å². The summed E-state index contributed by atoms with van der Waals surface area (Å²) in [7, 11) is 1.64. The molecule has 0 aliphatic carbocycles. The van der Waals surface area contributed by atoms with E-state index in [-0.39, 0.29) is 24.6 Å². The van der Waals surface area contributed by atoms with Crippen molar-refractivity contribution in [2.24, 2.45) is 5.92 Å². The van der Waals surface area contributed by atoms with Crippen LogP contribution >= 0.6 is 0 Å². The number of carbonyl (C=O) groups excluding carboxylic acids is 1. The van der Waals surface area contributed by atoms with Gasteiger partial charge in [0.1, 0.15) is 17.1 Å². The number of benzene rings is 1. The predicted octanol–water partition coefficient (Wildman–Crippen LogP) is 3.22. The first kappa shape index (κ1) is 17.6. The first-order valence-electron chi connectivity index (χ1n) is 8.76. The first-order chi connectivity index (χ1) is 12.0. The second kappa shape index (κ2) is 7.35. The van der Waals surface area contributed by atoms with Gasteiger partial charge in [-0.15, -0.1) is 0 Å². The number of fused-ring (bicyclic) bond motifs is 1. The molecule has 1 aliphatic heterocycles. The lowest BCUT2D eigenvalue weighted by atomic mass is 9.99. The zero-order chi connectivity index (χ0) is 18.0. The van der Waals surface area contributed by atoms with Gasteiger partial charge in [-0.05, 0) is 50.8 Å². The quantitative estimate of drug-likeness (QED) is 0.891. The summed E-state index contributed by atoms with van der Waals surface area (Å²) in [4.78, 5) is 14.3. The summed E-state index contributed by atoms with van der Waals surface area (Å²) >= 11 is 0. The summed E-state index contributed by atoms with van der Waals surface area (Å²) in [6.45, 7) is 5.37. The Kier molecular flexibility index (Phi) is 5.18. The zero-order valence-corrected chi connectivity index (χ0v) is 15.0. The van der Waals surface area contributed by atoms with E-state index in [1.165, 1.54) is 0 Å². The van der Waals surface area contributed by atoms with Crippen LogP contribution in [-0.4, -0.2) is 42.8 Å². The summed E-state index contributed by atoms with van der Waals surface area (Å²) in [5, 5.41) is 13.3. The Morgan fingerprint density at radius 2 is 2.32 bits per heavy atom. The van der Waals surface area contributed by atoms with Crippen molar-refractivity contribution >= 4 is 17.0 Å². The highest BCUT2D eigenvalue weighted by Gasteiger charge is 2.25. The molecule has 0 spiro atoms. The average molecular weight is 346 g/mol. The van der Waals surface area contributed by atoms with Crippen molar-refractivity contribution in [1.29, 1.82) is 0 Å². The van der Waals surface area contributed by atoms with Crippen LogP contribution in [-0.2, 0) is 0 Å². The van der Waals surface area contributed by atoms with Crippen LogP contribution in [0.1, 0.15) is 37.1 Å². The molecule has 136 valence electrons.